The minimum Gasteiger partial charge on any atom is -0.370 e. The Bertz CT molecular complexity index is 667. The van der Waals surface area contributed by atoms with E-state index >= 15 is 0 Å². The first-order valence-corrected chi connectivity index (χ1v) is 11.6. The molecule has 1 aromatic carbocycles. The van der Waals surface area contributed by atoms with Crippen molar-refractivity contribution in [2.24, 2.45) is 0 Å². The Morgan fingerprint density at radius 1 is 0.966 bits per heavy atom. The molecule has 0 aromatic heterocycles. The quantitative estimate of drug-likeness (QED) is 0.795. The molecule has 0 radical (unpaired) electrons. The molecule has 0 bridgehead atoms. The Kier molecular flexibility index (Phi) is 7.06. The SMILES string of the molecule is CCN1CCN([C@H]2CCN(CC(=O)Nc3ccccc3N3CCCCC3)C2)CC1. The van der Waals surface area contributed by atoms with Crippen molar-refractivity contribution in [3.8, 4) is 0 Å². The van der Waals surface area contributed by atoms with Gasteiger partial charge in [0.2, 0.25) is 5.91 Å². The van der Waals surface area contributed by atoms with E-state index in [0.29, 0.717) is 12.6 Å². The third-order valence-electron chi connectivity index (χ3n) is 6.86. The topological polar surface area (TPSA) is 42.1 Å². The molecule has 4 rings (SSSR count). The standard InChI is InChI=1S/C23H37N5O/c1-2-25-14-16-27(17-15-25)20-10-13-26(18-20)19-23(29)24-21-8-4-5-9-22(21)28-11-6-3-7-12-28/h4-5,8-9,20H,2-3,6-7,10-19H2,1H3,(H,24,29)/t20-/m0/s1. The molecule has 1 N–H and O–H groups in total. The minimum absolute atomic E-state index is 0.117. The lowest BCUT2D eigenvalue weighted by Crippen LogP contribution is -2.51. The Balaban J connectivity index is 1.27. The molecule has 3 heterocycles. The highest BCUT2D eigenvalue weighted by molar-refractivity contribution is 5.95. The number of hydrogen-bond donors (Lipinski definition) is 1. The van der Waals surface area contributed by atoms with Crippen LogP contribution in [0, 0.1) is 0 Å². The van der Waals surface area contributed by atoms with Gasteiger partial charge in [-0.1, -0.05) is 19.1 Å². The number of piperidine rings is 1. The van der Waals surface area contributed by atoms with E-state index in [4.69, 9.17) is 0 Å². The van der Waals surface area contributed by atoms with Crippen molar-refractivity contribution in [1.82, 2.24) is 14.7 Å². The number of anilines is 2. The van der Waals surface area contributed by atoms with E-state index in [0.717, 1.165) is 38.4 Å². The zero-order valence-corrected chi connectivity index (χ0v) is 18.0. The highest BCUT2D eigenvalue weighted by Gasteiger charge is 2.30. The first kappa shape index (κ1) is 20.6. The highest BCUT2D eigenvalue weighted by atomic mass is 16.2. The second-order valence-electron chi connectivity index (χ2n) is 8.76. The van der Waals surface area contributed by atoms with Crippen molar-refractivity contribution in [3.05, 3.63) is 24.3 Å². The van der Waals surface area contributed by atoms with Crippen molar-refractivity contribution < 1.29 is 4.79 Å². The highest BCUT2D eigenvalue weighted by Crippen LogP contribution is 2.28. The minimum atomic E-state index is 0.117. The molecule has 1 atom stereocenters. The number of nitrogens with zero attached hydrogens (tertiary/aromatic N) is 4. The van der Waals surface area contributed by atoms with E-state index in [1.807, 2.05) is 12.1 Å². The summed E-state index contributed by atoms with van der Waals surface area (Å²) >= 11 is 0. The lowest BCUT2D eigenvalue weighted by Gasteiger charge is -2.37. The number of benzene rings is 1. The van der Waals surface area contributed by atoms with Crippen LogP contribution < -0.4 is 10.2 Å². The maximum atomic E-state index is 12.8. The van der Waals surface area contributed by atoms with Gasteiger partial charge in [-0.3, -0.25) is 14.6 Å². The van der Waals surface area contributed by atoms with E-state index < -0.39 is 0 Å². The lowest BCUT2D eigenvalue weighted by atomic mass is 10.1. The zero-order chi connectivity index (χ0) is 20.1. The molecule has 6 nitrogen and oxygen atoms in total. The number of rotatable bonds is 6. The predicted molar refractivity (Wildman–Crippen MR) is 120 cm³/mol. The van der Waals surface area contributed by atoms with Crippen LogP contribution in [0.1, 0.15) is 32.6 Å². The average Bonchev–Trinajstić information content (AvgIpc) is 3.23. The summed E-state index contributed by atoms with van der Waals surface area (Å²) in [5.41, 5.74) is 2.14. The third kappa shape index (κ3) is 5.30. The number of carbonyl (C=O) groups is 1. The summed E-state index contributed by atoms with van der Waals surface area (Å²) in [5, 5.41) is 3.20. The number of likely N-dealkylation sites (N-methyl/N-ethyl adjacent to an activating group) is 1. The molecule has 0 saturated carbocycles. The van der Waals surface area contributed by atoms with Gasteiger partial charge in [-0.25, -0.2) is 0 Å². The first-order chi connectivity index (χ1) is 14.2. The van der Waals surface area contributed by atoms with Crippen LogP contribution in [-0.4, -0.2) is 92.1 Å². The largest absolute Gasteiger partial charge is 0.370 e. The van der Waals surface area contributed by atoms with E-state index in [1.165, 1.54) is 57.5 Å². The molecule has 0 unspecified atom stereocenters. The van der Waals surface area contributed by atoms with Crippen LogP contribution >= 0.6 is 0 Å². The zero-order valence-electron chi connectivity index (χ0n) is 18.0. The molecular formula is C23H37N5O. The van der Waals surface area contributed by atoms with Gasteiger partial charge in [0.1, 0.15) is 0 Å². The van der Waals surface area contributed by atoms with Crippen LogP contribution in [0.25, 0.3) is 0 Å². The normalized spacial score (nSPS) is 24.7. The number of hydrogen-bond acceptors (Lipinski definition) is 5. The summed E-state index contributed by atoms with van der Waals surface area (Å²) in [5.74, 6) is 0.117. The molecule has 6 heteroatoms. The molecule has 3 fully saturated rings. The second-order valence-corrected chi connectivity index (χ2v) is 8.76. The monoisotopic (exact) mass is 399 g/mol. The molecule has 3 aliphatic heterocycles. The summed E-state index contributed by atoms with van der Waals surface area (Å²) in [6.07, 6.45) is 4.98. The van der Waals surface area contributed by atoms with Gasteiger partial charge >= 0.3 is 0 Å². The Morgan fingerprint density at radius 2 is 1.72 bits per heavy atom. The Morgan fingerprint density at radius 3 is 2.48 bits per heavy atom. The fourth-order valence-corrected chi connectivity index (χ4v) is 5.08. The van der Waals surface area contributed by atoms with Crippen molar-refractivity contribution in [2.45, 2.75) is 38.6 Å². The van der Waals surface area contributed by atoms with Gasteiger partial charge in [0.15, 0.2) is 0 Å². The summed E-state index contributed by atoms with van der Waals surface area (Å²) in [6, 6.07) is 8.89. The van der Waals surface area contributed by atoms with Gasteiger partial charge in [-0.2, -0.15) is 0 Å². The van der Waals surface area contributed by atoms with Crippen LogP contribution in [0.5, 0.6) is 0 Å². The van der Waals surface area contributed by atoms with Crippen molar-refractivity contribution in [1.29, 1.82) is 0 Å². The number of likely N-dealkylation sites (tertiary alicyclic amines) is 1. The molecule has 1 aromatic rings. The average molecular weight is 400 g/mol. The van der Waals surface area contributed by atoms with Crippen molar-refractivity contribution >= 4 is 17.3 Å². The molecule has 3 aliphatic rings. The van der Waals surface area contributed by atoms with Crippen molar-refractivity contribution in [2.75, 3.05) is 75.7 Å². The van der Waals surface area contributed by atoms with Gasteiger partial charge in [-0.15, -0.1) is 0 Å². The molecule has 3 saturated heterocycles. The number of para-hydroxylation sites is 2. The lowest BCUT2D eigenvalue weighted by molar-refractivity contribution is -0.117. The smallest absolute Gasteiger partial charge is 0.238 e. The van der Waals surface area contributed by atoms with E-state index in [2.05, 4.69) is 44.0 Å². The van der Waals surface area contributed by atoms with E-state index in [9.17, 15) is 4.79 Å². The fraction of sp³-hybridized carbons (Fsp3) is 0.696. The molecule has 0 aliphatic carbocycles. The summed E-state index contributed by atoms with van der Waals surface area (Å²) in [6.45, 7) is 12.8. The summed E-state index contributed by atoms with van der Waals surface area (Å²) in [7, 11) is 0. The predicted octanol–water partition coefficient (Wildman–Crippen LogP) is 2.33. The van der Waals surface area contributed by atoms with Crippen LogP contribution in [-0.2, 0) is 4.79 Å². The Labute approximate surface area is 175 Å². The van der Waals surface area contributed by atoms with E-state index in [1.54, 1.807) is 0 Å². The molecule has 1 amide bonds. The maximum Gasteiger partial charge on any atom is 0.238 e. The molecule has 0 spiro atoms. The van der Waals surface area contributed by atoms with Crippen LogP contribution in [0.2, 0.25) is 0 Å². The molecular weight excluding hydrogens is 362 g/mol. The van der Waals surface area contributed by atoms with Crippen LogP contribution in [0.15, 0.2) is 24.3 Å². The van der Waals surface area contributed by atoms with Gasteiger partial charge in [0.05, 0.1) is 17.9 Å². The number of piperazine rings is 1. The molecule has 160 valence electrons. The van der Waals surface area contributed by atoms with Gasteiger partial charge in [0, 0.05) is 58.4 Å². The second kappa shape index (κ2) is 9.92. The van der Waals surface area contributed by atoms with Crippen LogP contribution in [0.4, 0.5) is 11.4 Å². The van der Waals surface area contributed by atoms with E-state index in [-0.39, 0.29) is 5.91 Å². The first-order valence-electron chi connectivity index (χ1n) is 11.6. The third-order valence-corrected chi connectivity index (χ3v) is 6.86. The van der Waals surface area contributed by atoms with Crippen LogP contribution in [0.3, 0.4) is 0 Å². The number of nitrogens with one attached hydrogen (secondary N) is 1. The summed E-state index contributed by atoms with van der Waals surface area (Å²) < 4.78 is 0. The Hall–Kier alpha value is -1.63. The van der Waals surface area contributed by atoms with Gasteiger partial charge in [-0.05, 0) is 44.4 Å². The summed E-state index contributed by atoms with van der Waals surface area (Å²) in [4.78, 5) is 22.7. The number of amides is 1. The number of carbonyl (C=O) groups excluding carboxylic acids is 1. The van der Waals surface area contributed by atoms with Crippen molar-refractivity contribution in [3.63, 3.8) is 0 Å². The molecule has 29 heavy (non-hydrogen) atoms. The van der Waals surface area contributed by atoms with Gasteiger partial charge in [0.25, 0.3) is 0 Å². The maximum absolute atomic E-state index is 12.8. The fourth-order valence-electron chi connectivity index (χ4n) is 5.08. The van der Waals surface area contributed by atoms with Gasteiger partial charge < -0.3 is 15.1 Å².